The third-order valence-corrected chi connectivity index (χ3v) is 5.30. The van der Waals surface area contributed by atoms with Gasteiger partial charge < -0.3 is 10.2 Å². The van der Waals surface area contributed by atoms with Crippen LogP contribution in [0.3, 0.4) is 0 Å². The molecule has 0 atom stereocenters. The molecule has 144 valence electrons. The summed E-state index contributed by atoms with van der Waals surface area (Å²) >= 11 is 6.08. The molecule has 2 heterocycles. The van der Waals surface area contributed by atoms with Crippen molar-refractivity contribution >= 4 is 34.1 Å². The molecule has 1 aromatic heterocycles. The number of nitrogens with zero attached hydrogens (tertiary/aromatic N) is 2. The topological polar surface area (TPSA) is 45.2 Å². The van der Waals surface area contributed by atoms with Crippen molar-refractivity contribution in [3.05, 3.63) is 70.6 Å². The summed E-state index contributed by atoms with van der Waals surface area (Å²) < 4.78 is 14.0. The Morgan fingerprint density at radius 2 is 1.96 bits per heavy atom. The van der Waals surface area contributed by atoms with Crippen LogP contribution in [-0.2, 0) is 6.54 Å². The molecule has 1 saturated heterocycles. The molecule has 1 amide bonds. The number of benzene rings is 2. The first-order valence-electron chi connectivity index (χ1n) is 9.48. The van der Waals surface area contributed by atoms with Gasteiger partial charge in [-0.05, 0) is 55.2 Å². The molecule has 6 heteroatoms. The average molecular weight is 398 g/mol. The van der Waals surface area contributed by atoms with E-state index in [4.69, 9.17) is 11.6 Å². The number of hydrogen-bond acceptors (Lipinski definition) is 3. The van der Waals surface area contributed by atoms with Crippen LogP contribution in [0.4, 0.5) is 10.1 Å². The minimum Gasteiger partial charge on any atom is -0.380 e. The molecule has 4 rings (SSSR count). The predicted molar refractivity (Wildman–Crippen MR) is 110 cm³/mol. The Morgan fingerprint density at radius 1 is 1.14 bits per heavy atom. The molecule has 1 aliphatic heterocycles. The minimum absolute atomic E-state index is 0.0630. The number of nitrogens with one attached hydrogen (secondary N) is 1. The van der Waals surface area contributed by atoms with Crippen LogP contribution in [0, 0.1) is 5.82 Å². The molecule has 0 spiro atoms. The first-order valence-corrected chi connectivity index (χ1v) is 9.85. The molecule has 0 bridgehead atoms. The summed E-state index contributed by atoms with van der Waals surface area (Å²) in [6, 6.07) is 11.9. The van der Waals surface area contributed by atoms with E-state index in [1.807, 2.05) is 29.2 Å². The van der Waals surface area contributed by atoms with Crippen molar-refractivity contribution in [2.45, 2.75) is 25.8 Å². The van der Waals surface area contributed by atoms with Gasteiger partial charge in [0.05, 0.1) is 16.8 Å². The van der Waals surface area contributed by atoms with Crippen molar-refractivity contribution in [3.63, 3.8) is 0 Å². The van der Waals surface area contributed by atoms with E-state index >= 15 is 0 Å². The number of halogens is 2. The first-order chi connectivity index (χ1) is 13.6. The lowest BCUT2D eigenvalue weighted by Gasteiger charge is -2.27. The van der Waals surface area contributed by atoms with Crippen LogP contribution >= 0.6 is 11.6 Å². The van der Waals surface area contributed by atoms with Crippen LogP contribution in [0.2, 0.25) is 5.02 Å². The van der Waals surface area contributed by atoms with E-state index in [2.05, 4.69) is 10.3 Å². The lowest BCUT2D eigenvalue weighted by atomic mass is 10.1. The summed E-state index contributed by atoms with van der Waals surface area (Å²) in [6.45, 7) is 1.96. The Balaban J connectivity index is 1.73. The third-order valence-electron chi connectivity index (χ3n) is 5.06. The molecule has 0 unspecified atom stereocenters. The highest BCUT2D eigenvalue weighted by molar-refractivity contribution is 6.30. The Labute approximate surface area is 168 Å². The first kappa shape index (κ1) is 18.7. The van der Waals surface area contributed by atoms with E-state index in [-0.39, 0.29) is 11.7 Å². The molecule has 0 radical (unpaired) electrons. The highest BCUT2D eigenvalue weighted by Crippen LogP contribution is 2.29. The number of aromatic nitrogens is 1. The maximum absolute atomic E-state index is 14.0. The Hall–Kier alpha value is -2.66. The van der Waals surface area contributed by atoms with Crippen molar-refractivity contribution in [2.24, 2.45) is 0 Å². The molecular weight excluding hydrogens is 377 g/mol. The molecule has 28 heavy (non-hydrogen) atoms. The van der Waals surface area contributed by atoms with Gasteiger partial charge in [-0.25, -0.2) is 4.39 Å². The second-order valence-corrected chi connectivity index (χ2v) is 7.48. The van der Waals surface area contributed by atoms with Crippen molar-refractivity contribution in [3.8, 4) is 0 Å². The van der Waals surface area contributed by atoms with Crippen molar-refractivity contribution in [1.82, 2.24) is 9.88 Å². The average Bonchev–Trinajstić information content (AvgIpc) is 2.72. The number of piperidine rings is 1. The number of fused-ring (bicyclic) bond motifs is 1. The van der Waals surface area contributed by atoms with Crippen LogP contribution < -0.4 is 5.32 Å². The predicted octanol–water partition coefficient (Wildman–Crippen LogP) is 5.27. The number of amides is 1. The molecule has 0 aliphatic carbocycles. The number of carbonyl (C=O) groups excluding carboxylic acids is 1. The summed E-state index contributed by atoms with van der Waals surface area (Å²) in [5, 5.41) is 4.58. The SMILES string of the molecule is O=C(c1cnc2ccc(F)cc2c1NCc1cccc(Cl)c1)N1CCCCC1. The van der Waals surface area contributed by atoms with Gasteiger partial charge in [-0.1, -0.05) is 23.7 Å². The number of anilines is 1. The van der Waals surface area contributed by atoms with Gasteiger partial charge in [0.1, 0.15) is 5.82 Å². The van der Waals surface area contributed by atoms with Gasteiger partial charge in [-0.2, -0.15) is 0 Å². The van der Waals surface area contributed by atoms with Crippen LogP contribution in [0.5, 0.6) is 0 Å². The van der Waals surface area contributed by atoms with E-state index < -0.39 is 0 Å². The smallest absolute Gasteiger partial charge is 0.257 e. The highest BCUT2D eigenvalue weighted by Gasteiger charge is 2.23. The van der Waals surface area contributed by atoms with Crippen molar-refractivity contribution in [2.75, 3.05) is 18.4 Å². The van der Waals surface area contributed by atoms with Gasteiger partial charge in [0.2, 0.25) is 0 Å². The number of pyridine rings is 1. The van der Waals surface area contributed by atoms with Crippen LogP contribution in [0.15, 0.2) is 48.7 Å². The Kier molecular flexibility index (Phi) is 5.44. The number of hydrogen-bond donors (Lipinski definition) is 1. The maximum Gasteiger partial charge on any atom is 0.257 e. The Bertz CT molecular complexity index is 1020. The molecular formula is C22H21ClFN3O. The van der Waals surface area contributed by atoms with Gasteiger partial charge >= 0.3 is 0 Å². The van der Waals surface area contributed by atoms with Crippen LogP contribution in [-0.4, -0.2) is 28.9 Å². The van der Waals surface area contributed by atoms with E-state index in [1.165, 1.54) is 12.1 Å². The maximum atomic E-state index is 14.0. The fourth-order valence-electron chi connectivity index (χ4n) is 3.62. The van der Waals surface area contributed by atoms with E-state index in [0.717, 1.165) is 37.9 Å². The zero-order valence-corrected chi connectivity index (χ0v) is 16.2. The molecule has 1 aliphatic rings. The normalized spacial score (nSPS) is 14.3. The van der Waals surface area contributed by atoms with Gasteiger partial charge in [-0.15, -0.1) is 0 Å². The van der Waals surface area contributed by atoms with Gasteiger partial charge in [0, 0.05) is 36.2 Å². The quantitative estimate of drug-likeness (QED) is 0.652. The second-order valence-electron chi connectivity index (χ2n) is 7.04. The van der Waals surface area contributed by atoms with Crippen molar-refractivity contribution < 1.29 is 9.18 Å². The third kappa shape index (κ3) is 3.94. The second kappa shape index (κ2) is 8.15. The molecule has 3 aromatic rings. The zero-order chi connectivity index (χ0) is 19.5. The lowest BCUT2D eigenvalue weighted by Crippen LogP contribution is -2.36. The monoisotopic (exact) mass is 397 g/mol. The summed E-state index contributed by atoms with van der Waals surface area (Å²) in [4.78, 5) is 19.4. The highest BCUT2D eigenvalue weighted by atomic mass is 35.5. The number of carbonyl (C=O) groups is 1. The minimum atomic E-state index is -0.359. The molecule has 1 fully saturated rings. The zero-order valence-electron chi connectivity index (χ0n) is 15.4. The van der Waals surface area contributed by atoms with Crippen LogP contribution in [0.1, 0.15) is 35.2 Å². The van der Waals surface area contributed by atoms with E-state index in [0.29, 0.717) is 33.7 Å². The van der Waals surface area contributed by atoms with Gasteiger partial charge in [0.25, 0.3) is 5.91 Å². The lowest BCUT2D eigenvalue weighted by molar-refractivity contribution is 0.0725. The standard InChI is InChI=1S/C22H21ClFN3O/c23-16-6-4-5-15(11-16)13-26-21-18-12-17(24)7-8-20(18)25-14-19(21)22(28)27-9-2-1-3-10-27/h4-8,11-12,14H,1-3,9-10,13H2,(H,25,26). The largest absolute Gasteiger partial charge is 0.380 e. The fraction of sp³-hybridized carbons (Fsp3) is 0.273. The molecule has 0 saturated carbocycles. The van der Waals surface area contributed by atoms with Gasteiger partial charge in [-0.3, -0.25) is 9.78 Å². The Morgan fingerprint density at radius 3 is 2.75 bits per heavy atom. The fourth-order valence-corrected chi connectivity index (χ4v) is 3.84. The van der Waals surface area contributed by atoms with E-state index in [9.17, 15) is 9.18 Å². The molecule has 1 N–H and O–H groups in total. The summed E-state index contributed by atoms with van der Waals surface area (Å²) in [5.74, 6) is -0.422. The number of rotatable bonds is 4. The summed E-state index contributed by atoms with van der Waals surface area (Å²) in [6.07, 6.45) is 4.75. The summed E-state index contributed by atoms with van der Waals surface area (Å²) in [5.41, 5.74) is 2.71. The molecule has 4 nitrogen and oxygen atoms in total. The number of likely N-dealkylation sites (tertiary alicyclic amines) is 1. The summed E-state index contributed by atoms with van der Waals surface area (Å²) in [7, 11) is 0. The van der Waals surface area contributed by atoms with Gasteiger partial charge in [0.15, 0.2) is 0 Å². The van der Waals surface area contributed by atoms with Crippen LogP contribution in [0.25, 0.3) is 10.9 Å². The van der Waals surface area contributed by atoms with Crippen molar-refractivity contribution in [1.29, 1.82) is 0 Å². The van der Waals surface area contributed by atoms with E-state index in [1.54, 1.807) is 12.3 Å². The molecule has 2 aromatic carbocycles.